The summed E-state index contributed by atoms with van der Waals surface area (Å²) in [4.78, 5) is 21.4. The Balaban J connectivity index is 0.826. The molecule has 6 aromatic carbocycles. The van der Waals surface area contributed by atoms with E-state index < -0.39 is 35.8 Å². The van der Waals surface area contributed by atoms with Crippen LogP contribution in [0.2, 0.25) is 5.02 Å². The summed E-state index contributed by atoms with van der Waals surface area (Å²) >= 11 is 6.78. The average Bonchev–Trinajstić information content (AvgIpc) is 1.58. The van der Waals surface area contributed by atoms with Crippen LogP contribution in [0.25, 0.3) is 0 Å². The predicted molar refractivity (Wildman–Crippen MR) is 347 cm³/mol. The van der Waals surface area contributed by atoms with Gasteiger partial charge in [-0.2, -0.15) is 9.57 Å². The van der Waals surface area contributed by atoms with E-state index in [2.05, 4.69) is 91.6 Å². The lowest BCUT2D eigenvalue weighted by atomic mass is 9.70. The number of nitriles is 1. The maximum atomic E-state index is 15.7. The summed E-state index contributed by atoms with van der Waals surface area (Å²) in [7, 11) is -4.19. The molecule has 1 spiro atoms. The molecule has 6 aromatic rings. The largest absolute Gasteiger partial charge is 0.497 e. The average molecular weight is 1270 g/mol. The fourth-order valence-corrected chi connectivity index (χ4v) is 18.5. The Kier molecular flexibility index (Phi) is 19.0. The fourth-order valence-electron chi connectivity index (χ4n) is 14.7. The third-order valence-corrected chi connectivity index (χ3v) is 22.7. The molecule has 0 aromatic heterocycles. The van der Waals surface area contributed by atoms with Crippen molar-refractivity contribution >= 4 is 47.6 Å². The molecule has 0 radical (unpaired) electrons. The Morgan fingerprint density at radius 2 is 1.28 bits per heavy atom. The van der Waals surface area contributed by atoms with Gasteiger partial charge in [-0.05, 0) is 150 Å². The maximum Gasteiger partial charge on any atom is 0.409 e. The normalized spacial score (nSPS) is 17.7. The minimum absolute atomic E-state index is 0.00217. The minimum Gasteiger partial charge on any atom is -0.497 e. The number of sulfonamides is 1. The van der Waals surface area contributed by atoms with Gasteiger partial charge >= 0.3 is 6.09 Å². The van der Waals surface area contributed by atoms with E-state index in [1.54, 1.807) is 22.4 Å². The van der Waals surface area contributed by atoms with Crippen LogP contribution in [0, 0.1) is 18.3 Å². The van der Waals surface area contributed by atoms with Crippen LogP contribution in [-0.4, -0.2) is 133 Å². The molecule has 1 amide bonds. The summed E-state index contributed by atoms with van der Waals surface area (Å²) in [5.41, 5.74) is 11.0. The SMILES string of the molecule is COc1ccc(C(OCCN(CCOP(OCCC#N)N(C(C)C)C(C)C)C(=O)OCCOCCN2C3(c4ccc(Cl)cc4S2(=O)=O)c2cc4c5c(c2Oc2c3cc3c6c2CCCN6CCC3)CCCN5CCC4)(c2ccccc2)c2ccc(C)cc2)cc1. The Morgan fingerprint density at radius 3 is 1.88 bits per heavy atom. The summed E-state index contributed by atoms with van der Waals surface area (Å²) in [5, 5.41) is 9.74. The first-order valence-corrected chi connectivity index (χ1v) is 34.7. The topological polar surface area (TPSA) is 156 Å². The van der Waals surface area contributed by atoms with Gasteiger partial charge in [0.1, 0.15) is 35.0 Å². The molecule has 2 unspecified atom stereocenters. The second kappa shape index (κ2) is 26.9. The number of benzene rings is 6. The molecule has 6 heterocycles. The first-order chi connectivity index (χ1) is 43.2. The van der Waals surface area contributed by atoms with E-state index in [9.17, 15) is 10.1 Å². The quantitative estimate of drug-likeness (QED) is 0.0320. The zero-order valence-electron chi connectivity index (χ0n) is 52.1. The Labute approximate surface area is 531 Å². The molecule has 0 fully saturated rings. The number of nitrogens with zero attached hydrogens (tertiary/aromatic N) is 6. The van der Waals surface area contributed by atoms with Crippen molar-refractivity contribution in [3.05, 3.63) is 175 Å². The maximum absolute atomic E-state index is 15.7. The predicted octanol–water partition coefficient (Wildman–Crippen LogP) is 13.2. The number of hydrogen-bond donors (Lipinski definition) is 0. The van der Waals surface area contributed by atoms with E-state index in [0.717, 1.165) is 134 Å². The van der Waals surface area contributed by atoms with E-state index in [4.69, 9.17) is 44.3 Å². The highest BCUT2D eigenvalue weighted by Gasteiger charge is 2.61. The van der Waals surface area contributed by atoms with Crippen molar-refractivity contribution in [3.8, 4) is 23.3 Å². The second-order valence-corrected chi connectivity index (χ2v) is 28.2. The molecule has 2 atom stereocenters. The molecule has 89 heavy (non-hydrogen) atoms. The zero-order valence-corrected chi connectivity index (χ0v) is 54.6. The van der Waals surface area contributed by atoms with Crippen LogP contribution in [0.15, 0.2) is 114 Å². The smallest absolute Gasteiger partial charge is 0.409 e. The molecule has 6 aliphatic rings. The van der Waals surface area contributed by atoms with Gasteiger partial charge in [0.2, 0.25) is 10.0 Å². The molecular weight excluding hydrogens is 1180 g/mol. The number of halogens is 1. The summed E-state index contributed by atoms with van der Waals surface area (Å²) in [5.74, 6) is 2.24. The van der Waals surface area contributed by atoms with Crippen LogP contribution in [0.1, 0.15) is 121 Å². The number of ether oxygens (including phenoxy) is 5. The van der Waals surface area contributed by atoms with Crippen molar-refractivity contribution in [3.63, 3.8) is 0 Å². The molecule has 0 N–H and O–H groups in total. The van der Waals surface area contributed by atoms with Gasteiger partial charge in [0.15, 0.2) is 0 Å². The minimum atomic E-state index is -4.22. The number of methoxy groups -OCH3 is 1. The molecule has 0 saturated heterocycles. The van der Waals surface area contributed by atoms with Crippen LogP contribution in [0.5, 0.6) is 17.2 Å². The number of anilines is 2. The molecule has 470 valence electrons. The number of aryl methyl sites for hydroxylation is 3. The van der Waals surface area contributed by atoms with Crippen molar-refractivity contribution in [2.45, 2.75) is 121 Å². The molecule has 0 bridgehead atoms. The molecule has 12 rings (SSSR count). The summed E-state index contributed by atoms with van der Waals surface area (Å²) < 4.78 is 80.7. The van der Waals surface area contributed by atoms with Crippen LogP contribution in [0.3, 0.4) is 0 Å². The number of fused-ring (bicyclic) bond motifs is 8. The van der Waals surface area contributed by atoms with Crippen molar-refractivity contribution < 1.29 is 45.9 Å². The molecule has 0 aliphatic carbocycles. The number of hydrogen-bond acceptors (Lipinski definition) is 14. The molecular formula is C70H82ClN6O10PS. The Morgan fingerprint density at radius 1 is 0.708 bits per heavy atom. The van der Waals surface area contributed by atoms with Gasteiger partial charge in [-0.1, -0.05) is 90.0 Å². The zero-order chi connectivity index (χ0) is 62.0. The van der Waals surface area contributed by atoms with Crippen LogP contribution in [0.4, 0.5) is 16.2 Å². The second-order valence-electron chi connectivity index (χ2n) is 24.5. The van der Waals surface area contributed by atoms with E-state index >= 15 is 8.42 Å². The van der Waals surface area contributed by atoms with Crippen molar-refractivity contribution in [1.82, 2.24) is 13.9 Å². The van der Waals surface area contributed by atoms with Crippen molar-refractivity contribution in [2.75, 3.05) is 102 Å². The van der Waals surface area contributed by atoms with Gasteiger partial charge in [0.05, 0.1) is 57.5 Å². The first kappa shape index (κ1) is 62.9. The Bertz CT molecular complexity index is 3610. The summed E-state index contributed by atoms with van der Waals surface area (Å²) in [6.07, 6.45) is 7.02. The monoisotopic (exact) mass is 1260 g/mol. The molecule has 6 aliphatic heterocycles. The third-order valence-electron chi connectivity index (χ3n) is 18.4. The van der Waals surface area contributed by atoms with Crippen molar-refractivity contribution in [1.29, 1.82) is 5.26 Å². The lowest BCUT2D eigenvalue weighted by Gasteiger charge is -2.48. The van der Waals surface area contributed by atoms with E-state index in [1.807, 2.05) is 66.7 Å². The van der Waals surface area contributed by atoms with Crippen LogP contribution >= 0.6 is 20.1 Å². The highest BCUT2D eigenvalue weighted by molar-refractivity contribution is 7.89. The van der Waals surface area contributed by atoms with Crippen LogP contribution < -0.4 is 19.3 Å². The Hall–Kier alpha value is -6.29. The molecule has 16 nitrogen and oxygen atoms in total. The van der Waals surface area contributed by atoms with Gasteiger partial charge in [0, 0.05) is 102 Å². The van der Waals surface area contributed by atoms with Gasteiger partial charge in [-0.3, -0.25) is 0 Å². The van der Waals surface area contributed by atoms with E-state index in [1.165, 1.54) is 22.5 Å². The first-order valence-electron chi connectivity index (χ1n) is 31.7. The summed E-state index contributed by atoms with van der Waals surface area (Å²) in [6.45, 7) is 14.8. The van der Waals surface area contributed by atoms with Gasteiger partial charge < -0.3 is 47.4 Å². The number of amides is 1. The lowest BCUT2D eigenvalue weighted by molar-refractivity contribution is -0.00395. The fraction of sp³-hybridized carbons (Fsp3) is 0.457. The standard InChI is InChI=1S/C70H82ClN6O10PS/c1-48(2)77(49(3)4)88(85-39-14-31-72)86-42-37-75(36-41-84-70(53-17-8-7-9-18-53,54-23-21-50(5)22-24-54)55-25-28-57(81-6)29-26-55)68(78)83-44-43-82-40-38-76-69(60-30-27-56(71)47-63(60)89(76,79)80)61-45-51-15-10-32-73-34-12-19-58(64(51)73)66(61)87-67-59-20-13-35-74-33-11-16-52(65(59)74)46-62(67)69/h7-9,17-18,21-30,45-49H,10-16,19-20,32-44H2,1-6H3. The lowest BCUT2D eigenvalue weighted by Crippen LogP contribution is -2.49. The van der Waals surface area contributed by atoms with Crippen LogP contribution in [-0.2, 0) is 70.1 Å². The highest BCUT2D eigenvalue weighted by atomic mass is 35.5. The highest BCUT2D eigenvalue weighted by Crippen LogP contribution is 2.64. The van der Waals surface area contributed by atoms with E-state index in [0.29, 0.717) is 16.3 Å². The van der Waals surface area contributed by atoms with Gasteiger partial charge in [-0.25, -0.2) is 17.9 Å². The number of rotatable bonds is 24. The van der Waals surface area contributed by atoms with Gasteiger partial charge in [-0.15, -0.1) is 0 Å². The van der Waals surface area contributed by atoms with Crippen molar-refractivity contribution in [2.24, 2.45) is 0 Å². The number of carbonyl (C=O) groups excluding carboxylic acids is 1. The van der Waals surface area contributed by atoms with E-state index in [-0.39, 0.29) is 82.7 Å². The summed E-state index contributed by atoms with van der Waals surface area (Å²) in [6, 6.07) is 38.4. The van der Waals surface area contributed by atoms with Gasteiger partial charge in [0.25, 0.3) is 8.53 Å². The third kappa shape index (κ3) is 11.8. The molecule has 19 heteroatoms. The molecule has 0 saturated carbocycles. The number of carbonyl (C=O) groups is 1.